The molecule has 3 nitrogen and oxygen atoms in total. The van der Waals surface area contributed by atoms with Gasteiger partial charge < -0.3 is 5.11 Å². The summed E-state index contributed by atoms with van der Waals surface area (Å²) in [7, 11) is 0. The van der Waals surface area contributed by atoms with Gasteiger partial charge >= 0.3 is 5.97 Å². The Balaban J connectivity index is 2.27. The lowest BCUT2D eigenvalue weighted by Gasteiger charge is -2.27. The maximum atomic E-state index is 13.6. The van der Waals surface area contributed by atoms with E-state index in [1.165, 1.54) is 18.2 Å². The van der Waals surface area contributed by atoms with Gasteiger partial charge in [-0.2, -0.15) is 0 Å². The van der Waals surface area contributed by atoms with Crippen LogP contribution in [0, 0.1) is 17.7 Å². The van der Waals surface area contributed by atoms with Crippen LogP contribution in [0.5, 0.6) is 0 Å². The summed E-state index contributed by atoms with van der Waals surface area (Å²) in [5.41, 5.74) is 0.00986. The van der Waals surface area contributed by atoms with E-state index in [4.69, 9.17) is 5.11 Å². The molecule has 18 heavy (non-hydrogen) atoms. The summed E-state index contributed by atoms with van der Waals surface area (Å²) in [6.07, 6.45) is 2.68. The smallest absolute Gasteiger partial charge is 0.307 e. The summed E-state index contributed by atoms with van der Waals surface area (Å²) >= 11 is 0. The third kappa shape index (κ3) is 2.42. The fraction of sp³-hybridized carbons (Fsp3) is 0.429. The summed E-state index contributed by atoms with van der Waals surface area (Å²) in [4.78, 5) is 23.4. The highest BCUT2D eigenvalue weighted by Gasteiger charge is 2.36. The van der Waals surface area contributed by atoms with Crippen LogP contribution in [0.1, 0.15) is 36.0 Å². The number of carboxylic acids is 1. The number of hydrogen-bond donors (Lipinski definition) is 1. The van der Waals surface area contributed by atoms with E-state index >= 15 is 0 Å². The molecule has 2 rings (SSSR count). The van der Waals surface area contributed by atoms with E-state index in [-0.39, 0.29) is 11.3 Å². The summed E-state index contributed by atoms with van der Waals surface area (Å²) in [6.45, 7) is 0. The summed E-state index contributed by atoms with van der Waals surface area (Å²) < 4.78 is 13.6. The molecule has 1 aliphatic rings. The number of benzene rings is 1. The molecule has 1 fully saturated rings. The molecule has 1 aromatic rings. The van der Waals surface area contributed by atoms with Gasteiger partial charge in [0.2, 0.25) is 0 Å². The molecule has 0 saturated heterocycles. The van der Waals surface area contributed by atoms with Crippen molar-refractivity contribution in [1.82, 2.24) is 0 Å². The lowest BCUT2D eigenvalue weighted by molar-refractivity contribution is -0.144. The first-order valence-electron chi connectivity index (χ1n) is 6.13. The summed E-state index contributed by atoms with van der Waals surface area (Å²) in [6, 6.07) is 5.76. The van der Waals surface area contributed by atoms with Crippen molar-refractivity contribution in [2.75, 3.05) is 0 Å². The van der Waals surface area contributed by atoms with Crippen molar-refractivity contribution in [2.45, 2.75) is 25.7 Å². The van der Waals surface area contributed by atoms with Gasteiger partial charge in [0.1, 0.15) is 5.82 Å². The molecule has 0 bridgehead atoms. The molecule has 0 aliphatic heterocycles. The molecule has 2 atom stereocenters. The van der Waals surface area contributed by atoms with E-state index in [2.05, 4.69) is 0 Å². The van der Waals surface area contributed by atoms with E-state index in [1.807, 2.05) is 0 Å². The van der Waals surface area contributed by atoms with Gasteiger partial charge in [-0.25, -0.2) is 4.39 Å². The predicted molar refractivity (Wildman–Crippen MR) is 63.8 cm³/mol. The highest BCUT2D eigenvalue weighted by Crippen LogP contribution is 2.33. The minimum atomic E-state index is -0.954. The summed E-state index contributed by atoms with van der Waals surface area (Å²) in [5, 5.41) is 9.13. The Kier molecular flexibility index (Phi) is 3.75. The van der Waals surface area contributed by atoms with Gasteiger partial charge in [0.15, 0.2) is 5.78 Å². The Hall–Kier alpha value is -1.71. The number of aliphatic carboxylic acids is 1. The van der Waals surface area contributed by atoms with Crippen molar-refractivity contribution < 1.29 is 19.1 Å². The van der Waals surface area contributed by atoms with Gasteiger partial charge in [0, 0.05) is 5.92 Å². The first kappa shape index (κ1) is 12.7. The van der Waals surface area contributed by atoms with Crippen LogP contribution in [0.4, 0.5) is 4.39 Å². The minimum Gasteiger partial charge on any atom is -0.481 e. The fourth-order valence-corrected chi connectivity index (χ4v) is 2.60. The second-order valence-corrected chi connectivity index (χ2v) is 4.68. The standard InChI is InChI=1S/C14H15FO3/c15-12-8-4-3-7-11(12)13(16)9-5-1-2-6-10(9)14(17)18/h3-4,7-10H,1-2,5-6H2,(H,17,18). The van der Waals surface area contributed by atoms with Gasteiger partial charge in [0.05, 0.1) is 11.5 Å². The van der Waals surface area contributed by atoms with Gasteiger partial charge in [-0.05, 0) is 25.0 Å². The monoisotopic (exact) mass is 250 g/mol. The lowest BCUT2D eigenvalue weighted by Crippen LogP contribution is -2.33. The third-order valence-electron chi connectivity index (χ3n) is 3.56. The number of ketones is 1. The zero-order valence-electron chi connectivity index (χ0n) is 9.93. The Morgan fingerprint density at radius 1 is 1.11 bits per heavy atom. The van der Waals surface area contributed by atoms with E-state index in [0.717, 1.165) is 12.8 Å². The normalized spacial score (nSPS) is 23.6. The first-order chi connectivity index (χ1) is 8.61. The molecular weight excluding hydrogens is 235 g/mol. The lowest BCUT2D eigenvalue weighted by atomic mass is 9.75. The van der Waals surface area contributed by atoms with Crippen molar-refractivity contribution in [3.8, 4) is 0 Å². The molecule has 1 aromatic carbocycles. The van der Waals surface area contributed by atoms with Gasteiger partial charge in [-0.15, -0.1) is 0 Å². The molecule has 0 aromatic heterocycles. The minimum absolute atomic E-state index is 0.00986. The Labute approximate surface area is 105 Å². The maximum absolute atomic E-state index is 13.6. The number of hydrogen-bond acceptors (Lipinski definition) is 2. The van der Waals surface area contributed by atoms with Gasteiger partial charge in [0.25, 0.3) is 0 Å². The topological polar surface area (TPSA) is 54.4 Å². The van der Waals surface area contributed by atoms with Crippen LogP contribution in [0.15, 0.2) is 24.3 Å². The van der Waals surface area contributed by atoms with E-state index in [9.17, 15) is 14.0 Å². The average Bonchev–Trinajstić information content (AvgIpc) is 2.38. The summed E-state index contributed by atoms with van der Waals surface area (Å²) in [5.74, 6) is -3.17. The Bertz CT molecular complexity index is 470. The number of rotatable bonds is 3. The molecule has 1 aliphatic carbocycles. The number of carbonyl (C=O) groups is 2. The highest BCUT2D eigenvalue weighted by atomic mass is 19.1. The van der Waals surface area contributed by atoms with Crippen LogP contribution < -0.4 is 0 Å². The van der Waals surface area contributed by atoms with Gasteiger partial charge in [-0.3, -0.25) is 9.59 Å². The van der Waals surface area contributed by atoms with Crippen molar-refractivity contribution >= 4 is 11.8 Å². The highest BCUT2D eigenvalue weighted by molar-refractivity contribution is 6.00. The third-order valence-corrected chi connectivity index (χ3v) is 3.56. The van der Waals surface area contributed by atoms with Crippen molar-refractivity contribution in [3.05, 3.63) is 35.6 Å². The second-order valence-electron chi connectivity index (χ2n) is 4.68. The van der Waals surface area contributed by atoms with E-state index < -0.39 is 23.6 Å². The van der Waals surface area contributed by atoms with E-state index in [0.29, 0.717) is 12.8 Å². The Morgan fingerprint density at radius 3 is 2.33 bits per heavy atom. The van der Waals surface area contributed by atoms with E-state index in [1.54, 1.807) is 6.07 Å². The van der Waals surface area contributed by atoms with Crippen molar-refractivity contribution in [2.24, 2.45) is 11.8 Å². The van der Waals surface area contributed by atoms with Crippen LogP contribution >= 0.6 is 0 Å². The van der Waals surface area contributed by atoms with Crippen LogP contribution in [0.25, 0.3) is 0 Å². The zero-order valence-corrected chi connectivity index (χ0v) is 9.93. The fourth-order valence-electron chi connectivity index (χ4n) is 2.60. The largest absolute Gasteiger partial charge is 0.481 e. The first-order valence-corrected chi connectivity index (χ1v) is 6.13. The number of carboxylic acid groups (broad SMARTS) is 1. The van der Waals surface area contributed by atoms with Crippen molar-refractivity contribution in [1.29, 1.82) is 0 Å². The molecule has 4 heteroatoms. The SMILES string of the molecule is O=C(O)C1CCCCC1C(=O)c1ccccc1F. The number of halogens is 1. The predicted octanol–water partition coefficient (Wildman–Crippen LogP) is 2.90. The van der Waals surface area contributed by atoms with Gasteiger partial charge in [-0.1, -0.05) is 25.0 Å². The molecule has 0 amide bonds. The molecule has 1 N–H and O–H groups in total. The molecule has 0 radical (unpaired) electrons. The van der Waals surface area contributed by atoms with Crippen LogP contribution in [-0.4, -0.2) is 16.9 Å². The average molecular weight is 250 g/mol. The molecule has 1 saturated carbocycles. The number of Topliss-reactive ketones (excluding diaryl/α,β-unsaturated/α-hetero) is 1. The Morgan fingerprint density at radius 2 is 1.72 bits per heavy atom. The van der Waals surface area contributed by atoms with Crippen LogP contribution in [-0.2, 0) is 4.79 Å². The quantitative estimate of drug-likeness (QED) is 0.839. The zero-order chi connectivity index (χ0) is 13.1. The van der Waals surface area contributed by atoms with Crippen LogP contribution in [0.3, 0.4) is 0 Å². The molecule has 0 spiro atoms. The second kappa shape index (κ2) is 5.29. The molecule has 96 valence electrons. The van der Waals surface area contributed by atoms with Crippen molar-refractivity contribution in [3.63, 3.8) is 0 Å². The maximum Gasteiger partial charge on any atom is 0.307 e. The molecular formula is C14H15FO3. The van der Waals surface area contributed by atoms with Crippen LogP contribution in [0.2, 0.25) is 0 Å². The molecule has 2 unspecified atom stereocenters. The molecule has 0 heterocycles. The number of carbonyl (C=O) groups excluding carboxylic acids is 1.